The molecule has 0 fully saturated rings. The van der Waals surface area contributed by atoms with Crippen molar-refractivity contribution < 1.29 is 4.21 Å². The number of pyridine rings is 1. The molecule has 2 atom stereocenters. The van der Waals surface area contributed by atoms with Gasteiger partial charge in [-0.3, -0.25) is 9.19 Å². The number of imidazole rings is 1. The maximum absolute atomic E-state index is 11.7. The van der Waals surface area contributed by atoms with Gasteiger partial charge in [-0.25, -0.2) is 4.98 Å². The maximum Gasteiger partial charge on any atom is 0.138 e. The minimum absolute atomic E-state index is 0.270. The van der Waals surface area contributed by atoms with Crippen molar-refractivity contribution in [3.63, 3.8) is 0 Å². The Morgan fingerprint density at radius 3 is 2.54 bits per heavy atom. The SMILES string of the molecule is CCC1=CC(c2[nH]c(-c3ccc(S(C)=O)cc3)nc2-c2ccncc2)CC=C1. The fourth-order valence-electron chi connectivity index (χ4n) is 3.51. The molecular weight excluding hydrogens is 366 g/mol. The molecule has 0 saturated heterocycles. The third kappa shape index (κ3) is 3.76. The maximum atomic E-state index is 11.7. The summed E-state index contributed by atoms with van der Waals surface area (Å²) >= 11 is 0. The van der Waals surface area contributed by atoms with Gasteiger partial charge in [-0.05, 0) is 37.1 Å². The largest absolute Gasteiger partial charge is 0.341 e. The zero-order valence-corrected chi connectivity index (χ0v) is 16.9. The van der Waals surface area contributed by atoms with E-state index in [9.17, 15) is 4.21 Å². The second-order valence-electron chi connectivity index (χ2n) is 6.90. The summed E-state index contributed by atoms with van der Waals surface area (Å²) in [5.74, 6) is 1.10. The van der Waals surface area contributed by atoms with Gasteiger partial charge in [0.2, 0.25) is 0 Å². The summed E-state index contributed by atoms with van der Waals surface area (Å²) in [6.07, 6.45) is 14.1. The van der Waals surface area contributed by atoms with E-state index in [-0.39, 0.29) is 5.92 Å². The van der Waals surface area contributed by atoms with E-state index in [4.69, 9.17) is 4.98 Å². The summed E-state index contributed by atoms with van der Waals surface area (Å²) in [4.78, 5) is 13.5. The Kier molecular flexibility index (Phi) is 5.35. The van der Waals surface area contributed by atoms with Crippen LogP contribution in [0.1, 0.15) is 31.4 Å². The first-order valence-corrected chi connectivity index (χ1v) is 11.0. The third-order valence-electron chi connectivity index (χ3n) is 5.06. The van der Waals surface area contributed by atoms with E-state index in [1.54, 1.807) is 18.6 Å². The van der Waals surface area contributed by atoms with E-state index in [1.165, 1.54) is 5.57 Å². The molecular formula is C23H23N3OS. The summed E-state index contributed by atoms with van der Waals surface area (Å²) in [7, 11) is -0.984. The zero-order valence-electron chi connectivity index (χ0n) is 16.1. The van der Waals surface area contributed by atoms with Crippen LogP contribution in [0.15, 0.2) is 77.5 Å². The van der Waals surface area contributed by atoms with Gasteiger partial charge < -0.3 is 4.98 Å². The summed E-state index contributed by atoms with van der Waals surface area (Å²) < 4.78 is 11.7. The Bertz CT molecular complexity index is 1050. The molecule has 0 radical (unpaired) electrons. The second-order valence-corrected chi connectivity index (χ2v) is 8.28. The minimum atomic E-state index is -0.984. The van der Waals surface area contributed by atoms with Crippen LogP contribution in [0.25, 0.3) is 22.6 Å². The number of aromatic nitrogens is 3. The number of allylic oxidation sites excluding steroid dienone is 4. The number of H-pyrrole nitrogens is 1. The van der Waals surface area contributed by atoms with E-state index >= 15 is 0 Å². The van der Waals surface area contributed by atoms with Crippen molar-refractivity contribution in [2.45, 2.75) is 30.6 Å². The molecule has 0 spiro atoms. The lowest BCUT2D eigenvalue weighted by molar-refractivity contribution is 0.687. The van der Waals surface area contributed by atoms with Crippen LogP contribution in [-0.2, 0) is 10.8 Å². The van der Waals surface area contributed by atoms with Gasteiger partial charge in [-0.15, -0.1) is 0 Å². The summed E-state index contributed by atoms with van der Waals surface area (Å²) in [6.45, 7) is 2.18. The highest BCUT2D eigenvalue weighted by Crippen LogP contribution is 2.35. The molecule has 0 amide bonds. The van der Waals surface area contributed by atoms with Crippen molar-refractivity contribution in [1.29, 1.82) is 0 Å². The molecule has 28 heavy (non-hydrogen) atoms. The number of hydrogen-bond acceptors (Lipinski definition) is 3. The van der Waals surface area contributed by atoms with Gasteiger partial charge in [0.1, 0.15) is 5.82 Å². The molecule has 1 N–H and O–H groups in total. The molecule has 3 aromatic rings. The van der Waals surface area contributed by atoms with Crippen LogP contribution in [0.5, 0.6) is 0 Å². The van der Waals surface area contributed by atoms with Gasteiger partial charge >= 0.3 is 0 Å². The first kappa shape index (κ1) is 18.6. The fraction of sp³-hybridized carbons (Fsp3) is 0.217. The van der Waals surface area contributed by atoms with Gasteiger partial charge in [0, 0.05) is 51.4 Å². The zero-order chi connectivity index (χ0) is 19.5. The Balaban J connectivity index is 1.79. The van der Waals surface area contributed by atoms with Crippen LogP contribution in [0, 0.1) is 0 Å². The van der Waals surface area contributed by atoms with Crippen LogP contribution in [0.3, 0.4) is 0 Å². The molecule has 1 aliphatic rings. The van der Waals surface area contributed by atoms with E-state index in [0.29, 0.717) is 0 Å². The molecule has 0 saturated carbocycles. The first-order chi connectivity index (χ1) is 13.7. The van der Waals surface area contributed by atoms with E-state index in [2.05, 4.69) is 35.1 Å². The van der Waals surface area contributed by atoms with Crippen molar-refractivity contribution in [2.75, 3.05) is 6.26 Å². The lowest BCUT2D eigenvalue weighted by Gasteiger charge is -2.16. The number of aromatic amines is 1. The lowest BCUT2D eigenvalue weighted by atomic mass is 9.90. The van der Waals surface area contributed by atoms with Crippen LogP contribution in [-0.4, -0.2) is 25.4 Å². The quantitative estimate of drug-likeness (QED) is 0.648. The number of benzene rings is 1. The fourth-order valence-corrected chi connectivity index (χ4v) is 4.03. The van der Waals surface area contributed by atoms with Crippen molar-refractivity contribution in [2.24, 2.45) is 0 Å². The Morgan fingerprint density at radius 1 is 1.11 bits per heavy atom. The topological polar surface area (TPSA) is 58.6 Å². The van der Waals surface area contributed by atoms with Crippen molar-refractivity contribution in [3.05, 3.63) is 78.3 Å². The minimum Gasteiger partial charge on any atom is -0.341 e. The monoisotopic (exact) mass is 389 g/mol. The Hall–Kier alpha value is -2.79. The van der Waals surface area contributed by atoms with Crippen molar-refractivity contribution in [1.82, 2.24) is 15.0 Å². The van der Waals surface area contributed by atoms with E-state index in [1.807, 2.05) is 36.4 Å². The summed E-state index contributed by atoms with van der Waals surface area (Å²) in [5, 5.41) is 0. The molecule has 2 heterocycles. The molecule has 0 aliphatic heterocycles. The lowest BCUT2D eigenvalue weighted by Crippen LogP contribution is -2.01. The highest BCUT2D eigenvalue weighted by Gasteiger charge is 2.21. The van der Waals surface area contributed by atoms with Crippen LogP contribution >= 0.6 is 0 Å². The highest BCUT2D eigenvalue weighted by atomic mass is 32.2. The second kappa shape index (κ2) is 8.07. The number of hydrogen-bond donors (Lipinski definition) is 1. The van der Waals surface area contributed by atoms with Gasteiger partial charge in [-0.1, -0.05) is 42.9 Å². The van der Waals surface area contributed by atoms with Crippen molar-refractivity contribution in [3.8, 4) is 22.6 Å². The van der Waals surface area contributed by atoms with Crippen LogP contribution < -0.4 is 0 Å². The van der Waals surface area contributed by atoms with Crippen LogP contribution in [0.4, 0.5) is 0 Å². The number of nitrogens with one attached hydrogen (secondary N) is 1. The van der Waals surface area contributed by atoms with E-state index in [0.717, 1.165) is 46.1 Å². The number of rotatable bonds is 5. The van der Waals surface area contributed by atoms with Gasteiger partial charge in [-0.2, -0.15) is 0 Å². The molecule has 142 valence electrons. The molecule has 5 heteroatoms. The molecule has 4 rings (SSSR count). The summed E-state index contributed by atoms with van der Waals surface area (Å²) in [6, 6.07) is 11.7. The standard InChI is InChI=1S/C23H23N3OS/c1-3-16-5-4-6-19(15-16)22-21(17-11-13-24-14-12-17)25-23(26-22)18-7-9-20(10-8-18)28(2)27/h4-5,7-15,19H,3,6H2,1-2H3,(H,25,26). The van der Waals surface area contributed by atoms with Crippen molar-refractivity contribution >= 4 is 10.8 Å². The predicted octanol–water partition coefficient (Wildman–Crippen LogP) is 5.26. The normalized spacial score (nSPS) is 17.4. The molecule has 2 aromatic heterocycles. The molecule has 4 nitrogen and oxygen atoms in total. The average Bonchev–Trinajstić information content (AvgIpc) is 3.20. The average molecular weight is 390 g/mol. The first-order valence-electron chi connectivity index (χ1n) is 9.47. The van der Waals surface area contributed by atoms with Gasteiger partial charge in [0.25, 0.3) is 0 Å². The Morgan fingerprint density at radius 2 is 1.86 bits per heavy atom. The van der Waals surface area contributed by atoms with Crippen LogP contribution in [0.2, 0.25) is 0 Å². The number of nitrogens with zero attached hydrogens (tertiary/aromatic N) is 2. The molecule has 2 unspecified atom stereocenters. The van der Waals surface area contributed by atoms with Gasteiger partial charge in [0.15, 0.2) is 0 Å². The smallest absolute Gasteiger partial charge is 0.138 e. The third-order valence-corrected chi connectivity index (χ3v) is 6.00. The molecule has 0 bridgehead atoms. The predicted molar refractivity (Wildman–Crippen MR) is 114 cm³/mol. The summed E-state index contributed by atoms with van der Waals surface area (Å²) in [5.41, 5.74) is 5.48. The highest BCUT2D eigenvalue weighted by molar-refractivity contribution is 7.84. The Labute approximate surface area is 167 Å². The molecule has 1 aromatic carbocycles. The van der Waals surface area contributed by atoms with E-state index < -0.39 is 10.8 Å². The van der Waals surface area contributed by atoms with Gasteiger partial charge in [0.05, 0.1) is 11.4 Å². The molecule has 1 aliphatic carbocycles.